The average Bonchev–Trinajstić information content (AvgIpc) is 2.13. The molecule has 14 heavy (non-hydrogen) atoms. The lowest BCUT2D eigenvalue weighted by Crippen LogP contribution is -2.43. The first kappa shape index (κ1) is 13.3. The van der Waals surface area contributed by atoms with Crippen molar-refractivity contribution < 1.29 is 9.59 Å². The Labute approximate surface area is 86.2 Å². The van der Waals surface area contributed by atoms with Gasteiger partial charge in [-0.25, -0.2) is 0 Å². The first-order chi connectivity index (χ1) is 6.60. The summed E-state index contributed by atoms with van der Waals surface area (Å²) in [5.41, 5.74) is 5.56. The SMILES string of the molecule is [B]CNNC(CC(C)=O)CC(=O)CC. The predicted octanol–water partition coefficient (Wildman–Crippen LogP) is -0.0765. The lowest BCUT2D eigenvalue weighted by atomic mass is 10.0. The number of nitrogens with one attached hydrogen (secondary N) is 2. The van der Waals surface area contributed by atoms with E-state index >= 15 is 0 Å². The molecule has 0 saturated heterocycles. The van der Waals surface area contributed by atoms with Crippen molar-refractivity contribution in [1.29, 1.82) is 0 Å². The second kappa shape index (κ2) is 7.70. The molecule has 1 atom stereocenters. The van der Waals surface area contributed by atoms with Gasteiger partial charge in [-0.3, -0.25) is 20.4 Å². The van der Waals surface area contributed by atoms with E-state index in [-0.39, 0.29) is 24.1 Å². The fourth-order valence-corrected chi connectivity index (χ4v) is 1.14. The van der Waals surface area contributed by atoms with E-state index in [0.717, 1.165) is 0 Å². The number of rotatable bonds is 8. The van der Waals surface area contributed by atoms with Crippen LogP contribution in [-0.2, 0) is 9.59 Å². The summed E-state index contributed by atoms with van der Waals surface area (Å²) in [5.74, 6) is 0.202. The minimum absolute atomic E-state index is 0.0604. The Morgan fingerprint density at radius 2 is 2.00 bits per heavy atom. The topological polar surface area (TPSA) is 58.2 Å². The second-order valence-electron chi connectivity index (χ2n) is 3.22. The third-order valence-electron chi connectivity index (χ3n) is 1.81. The lowest BCUT2D eigenvalue weighted by molar-refractivity contribution is -0.120. The van der Waals surface area contributed by atoms with Crippen molar-refractivity contribution in [3.63, 3.8) is 0 Å². The second-order valence-corrected chi connectivity index (χ2v) is 3.22. The average molecular weight is 196 g/mol. The Morgan fingerprint density at radius 1 is 1.36 bits per heavy atom. The number of Topliss-reactive ketones (excluding diaryl/α,β-unsaturated/α-hetero) is 2. The van der Waals surface area contributed by atoms with Crippen LogP contribution < -0.4 is 10.9 Å². The molecule has 0 spiro atoms. The van der Waals surface area contributed by atoms with Crippen molar-refractivity contribution >= 4 is 19.4 Å². The van der Waals surface area contributed by atoms with Gasteiger partial charge in [0.25, 0.3) is 0 Å². The zero-order valence-electron chi connectivity index (χ0n) is 8.80. The van der Waals surface area contributed by atoms with Gasteiger partial charge in [-0.15, -0.1) is 0 Å². The molecule has 0 bridgehead atoms. The number of ketones is 2. The maximum atomic E-state index is 11.2. The Morgan fingerprint density at radius 3 is 2.43 bits per heavy atom. The minimum Gasteiger partial charge on any atom is -0.300 e. The highest BCUT2D eigenvalue weighted by molar-refractivity contribution is 6.08. The molecule has 0 aliphatic carbocycles. The molecule has 4 nitrogen and oxygen atoms in total. The highest BCUT2D eigenvalue weighted by atomic mass is 16.1. The molecule has 0 rings (SSSR count). The van der Waals surface area contributed by atoms with Crippen molar-refractivity contribution in [2.45, 2.75) is 39.2 Å². The zero-order valence-corrected chi connectivity index (χ0v) is 8.80. The molecule has 0 aromatic carbocycles. The molecule has 0 amide bonds. The summed E-state index contributed by atoms with van der Waals surface area (Å²) in [6, 6.07) is -0.150. The van der Waals surface area contributed by atoms with Crippen LogP contribution in [0.5, 0.6) is 0 Å². The summed E-state index contributed by atoms with van der Waals surface area (Å²) in [5, 5.41) is 0. The van der Waals surface area contributed by atoms with Gasteiger partial charge in [0.05, 0.1) is 7.85 Å². The molecular weight excluding hydrogens is 179 g/mol. The van der Waals surface area contributed by atoms with Crippen LogP contribution in [0.25, 0.3) is 0 Å². The molecule has 2 N–H and O–H groups in total. The number of carbonyl (C=O) groups excluding carboxylic acids is 2. The Bertz CT molecular complexity index is 197. The molecule has 2 radical (unpaired) electrons. The van der Waals surface area contributed by atoms with Gasteiger partial charge in [-0.2, -0.15) is 0 Å². The number of hydrogen-bond donors (Lipinski definition) is 2. The monoisotopic (exact) mass is 196 g/mol. The van der Waals surface area contributed by atoms with Crippen LogP contribution in [0.3, 0.4) is 0 Å². The van der Waals surface area contributed by atoms with Gasteiger partial charge < -0.3 is 0 Å². The standard InChI is InChI=1S/C9H17BN2O2/c1-3-9(14)5-8(4-7(2)13)12-11-6-10/h8,11-12H,3-6H2,1-2H3. The van der Waals surface area contributed by atoms with E-state index in [2.05, 4.69) is 10.9 Å². The summed E-state index contributed by atoms with van der Waals surface area (Å²) in [6.45, 7) is 3.32. The highest BCUT2D eigenvalue weighted by Gasteiger charge is 2.13. The Hall–Kier alpha value is -0.675. The maximum absolute atomic E-state index is 11.2. The van der Waals surface area contributed by atoms with Gasteiger partial charge in [0.1, 0.15) is 11.6 Å². The molecular formula is C9H17BN2O2. The molecule has 0 saturated carbocycles. The fraction of sp³-hybridized carbons (Fsp3) is 0.778. The number of hydrogen-bond acceptors (Lipinski definition) is 4. The van der Waals surface area contributed by atoms with E-state index in [9.17, 15) is 9.59 Å². The van der Waals surface area contributed by atoms with Gasteiger partial charge in [0, 0.05) is 25.3 Å². The van der Waals surface area contributed by atoms with Crippen LogP contribution in [0.15, 0.2) is 0 Å². The van der Waals surface area contributed by atoms with Gasteiger partial charge in [0.15, 0.2) is 0 Å². The van der Waals surface area contributed by atoms with Crippen molar-refractivity contribution in [3.8, 4) is 0 Å². The summed E-state index contributed by atoms with van der Waals surface area (Å²) >= 11 is 0. The summed E-state index contributed by atoms with van der Waals surface area (Å²) in [4.78, 5) is 22.0. The van der Waals surface area contributed by atoms with E-state index in [4.69, 9.17) is 7.85 Å². The summed E-state index contributed by atoms with van der Waals surface area (Å²) in [7, 11) is 5.23. The smallest absolute Gasteiger partial charge is 0.134 e. The van der Waals surface area contributed by atoms with Gasteiger partial charge >= 0.3 is 0 Å². The third kappa shape index (κ3) is 6.80. The molecule has 0 aliphatic heterocycles. The lowest BCUT2D eigenvalue weighted by Gasteiger charge is -2.16. The molecule has 0 aromatic rings. The normalized spacial score (nSPS) is 12.4. The van der Waals surface area contributed by atoms with E-state index in [1.807, 2.05) is 6.92 Å². The highest BCUT2D eigenvalue weighted by Crippen LogP contribution is 2.01. The van der Waals surface area contributed by atoms with E-state index in [0.29, 0.717) is 19.3 Å². The van der Waals surface area contributed by atoms with Crippen molar-refractivity contribution in [1.82, 2.24) is 10.9 Å². The molecule has 0 aromatic heterocycles. The van der Waals surface area contributed by atoms with Crippen molar-refractivity contribution in [3.05, 3.63) is 0 Å². The van der Waals surface area contributed by atoms with Gasteiger partial charge in [0.2, 0.25) is 0 Å². The molecule has 0 fully saturated rings. The van der Waals surface area contributed by atoms with Gasteiger partial charge in [-0.1, -0.05) is 6.92 Å². The molecule has 5 heteroatoms. The summed E-state index contributed by atoms with van der Waals surface area (Å²) < 4.78 is 0. The van der Waals surface area contributed by atoms with Crippen LogP contribution in [-0.4, -0.2) is 31.9 Å². The Balaban J connectivity index is 3.96. The Kier molecular flexibility index (Phi) is 7.33. The van der Waals surface area contributed by atoms with Crippen LogP contribution in [0.1, 0.15) is 33.1 Å². The van der Waals surface area contributed by atoms with Crippen LogP contribution >= 0.6 is 0 Å². The van der Waals surface area contributed by atoms with Crippen LogP contribution in [0.2, 0.25) is 0 Å². The molecule has 78 valence electrons. The number of carbonyl (C=O) groups is 2. The largest absolute Gasteiger partial charge is 0.300 e. The minimum atomic E-state index is -0.150. The fourth-order valence-electron chi connectivity index (χ4n) is 1.14. The van der Waals surface area contributed by atoms with Crippen LogP contribution in [0.4, 0.5) is 0 Å². The first-order valence-corrected chi connectivity index (χ1v) is 4.79. The van der Waals surface area contributed by atoms with Gasteiger partial charge in [-0.05, 0) is 13.4 Å². The maximum Gasteiger partial charge on any atom is 0.134 e. The predicted molar refractivity (Wildman–Crippen MR) is 55.9 cm³/mol. The molecule has 0 heterocycles. The van der Waals surface area contributed by atoms with E-state index in [1.54, 1.807) is 0 Å². The number of hydrazine groups is 1. The summed E-state index contributed by atoms with van der Waals surface area (Å²) in [6.07, 6.45) is 1.48. The third-order valence-corrected chi connectivity index (χ3v) is 1.81. The van der Waals surface area contributed by atoms with E-state index in [1.165, 1.54) is 6.92 Å². The van der Waals surface area contributed by atoms with Crippen LogP contribution in [0, 0.1) is 0 Å². The zero-order chi connectivity index (χ0) is 11.0. The van der Waals surface area contributed by atoms with Crippen molar-refractivity contribution in [2.75, 3.05) is 6.44 Å². The van der Waals surface area contributed by atoms with E-state index < -0.39 is 0 Å². The quantitative estimate of drug-likeness (QED) is 0.421. The van der Waals surface area contributed by atoms with Crippen molar-refractivity contribution in [2.24, 2.45) is 0 Å². The first-order valence-electron chi connectivity index (χ1n) is 4.79. The molecule has 0 aliphatic rings. The molecule has 1 unspecified atom stereocenters.